The summed E-state index contributed by atoms with van der Waals surface area (Å²) < 4.78 is 44.8. The molecule has 31 heavy (non-hydrogen) atoms. The highest BCUT2D eigenvalue weighted by atomic mass is 32.1. The van der Waals surface area contributed by atoms with Gasteiger partial charge in [-0.2, -0.15) is 25.8 Å². The topological polar surface area (TPSA) is 41.6 Å². The summed E-state index contributed by atoms with van der Waals surface area (Å²) in [5.74, 6) is 0.0820. The molecule has 1 aromatic carbocycles. The first-order chi connectivity index (χ1) is 14.7. The summed E-state index contributed by atoms with van der Waals surface area (Å²) in [5.41, 5.74) is 0.866. The molecular formula is C23H31F3N2O2S. The first kappa shape index (κ1) is 22.9. The van der Waals surface area contributed by atoms with E-state index in [-0.39, 0.29) is 35.6 Å². The van der Waals surface area contributed by atoms with Gasteiger partial charge in [0.25, 0.3) is 0 Å². The van der Waals surface area contributed by atoms with Crippen LogP contribution >= 0.6 is 12.6 Å². The number of hydrogen-bond acceptors (Lipinski definition) is 4. The van der Waals surface area contributed by atoms with Crippen LogP contribution in [-0.2, 0) is 28.7 Å². The Morgan fingerprint density at radius 1 is 1.19 bits per heavy atom. The van der Waals surface area contributed by atoms with Gasteiger partial charge in [0.2, 0.25) is 5.91 Å². The van der Waals surface area contributed by atoms with Gasteiger partial charge in [0.15, 0.2) is 0 Å². The number of rotatable bonds is 4. The molecule has 1 aliphatic carbocycles. The van der Waals surface area contributed by atoms with Gasteiger partial charge >= 0.3 is 6.18 Å². The number of halogens is 3. The summed E-state index contributed by atoms with van der Waals surface area (Å²) in [6.07, 6.45) is -0.140. The Balaban J connectivity index is 1.45. The third kappa shape index (κ3) is 5.22. The number of fused-ring (bicyclic) bond motifs is 1. The molecule has 1 aromatic rings. The van der Waals surface area contributed by atoms with E-state index >= 15 is 0 Å². The second-order valence-corrected chi connectivity index (χ2v) is 10.0. The predicted molar refractivity (Wildman–Crippen MR) is 116 cm³/mol. The van der Waals surface area contributed by atoms with Crippen molar-refractivity contribution >= 4 is 18.5 Å². The molecule has 172 valence electrons. The van der Waals surface area contributed by atoms with Crippen molar-refractivity contribution in [2.24, 2.45) is 11.8 Å². The van der Waals surface area contributed by atoms with Crippen molar-refractivity contribution in [3.8, 4) is 0 Å². The Morgan fingerprint density at radius 2 is 1.94 bits per heavy atom. The van der Waals surface area contributed by atoms with Crippen LogP contribution in [0.15, 0.2) is 18.2 Å². The minimum atomic E-state index is -4.37. The normalized spacial score (nSPS) is 28.4. The van der Waals surface area contributed by atoms with Gasteiger partial charge in [0.05, 0.1) is 5.56 Å². The number of alkyl halides is 3. The molecule has 3 aliphatic rings. The molecule has 4 atom stereocenters. The molecule has 1 saturated carbocycles. The van der Waals surface area contributed by atoms with Gasteiger partial charge in [-0.3, -0.25) is 4.79 Å². The summed E-state index contributed by atoms with van der Waals surface area (Å²) in [6.45, 7) is 4.38. The van der Waals surface area contributed by atoms with Gasteiger partial charge in [-0.05, 0) is 61.3 Å². The molecule has 2 unspecified atom stereocenters. The molecule has 0 spiro atoms. The van der Waals surface area contributed by atoms with Crippen molar-refractivity contribution in [2.45, 2.75) is 69.1 Å². The highest BCUT2D eigenvalue weighted by molar-refractivity contribution is 7.80. The number of carbonyl (C=O) groups excluding carboxylic acids is 1. The zero-order valence-corrected chi connectivity index (χ0v) is 18.7. The third-order valence-corrected chi connectivity index (χ3v) is 7.48. The molecule has 1 amide bonds. The van der Waals surface area contributed by atoms with Crippen LogP contribution in [-0.4, -0.2) is 47.9 Å². The fourth-order valence-corrected chi connectivity index (χ4v) is 5.71. The number of amides is 1. The van der Waals surface area contributed by atoms with Crippen LogP contribution < -0.4 is 5.32 Å². The fraction of sp³-hybridized carbons (Fsp3) is 0.696. The smallest absolute Gasteiger partial charge is 0.381 e. The van der Waals surface area contributed by atoms with E-state index in [0.717, 1.165) is 50.5 Å². The number of carbonyl (C=O) groups is 1. The van der Waals surface area contributed by atoms with Gasteiger partial charge in [0, 0.05) is 49.6 Å². The van der Waals surface area contributed by atoms with E-state index in [0.29, 0.717) is 24.6 Å². The zero-order valence-electron chi connectivity index (χ0n) is 17.8. The highest BCUT2D eigenvalue weighted by Gasteiger charge is 2.43. The number of hydrogen-bond donors (Lipinski definition) is 2. The van der Waals surface area contributed by atoms with Gasteiger partial charge in [-0.1, -0.05) is 13.0 Å². The van der Waals surface area contributed by atoms with E-state index in [1.54, 1.807) is 11.0 Å². The molecule has 0 aromatic heterocycles. The quantitative estimate of drug-likeness (QED) is 0.671. The maximum Gasteiger partial charge on any atom is 0.416 e. The van der Waals surface area contributed by atoms with Crippen LogP contribution in [0.25, 0.3) is 0 Å². The Bertz CT molecular complexity index is 796. The van der Waals surface area contributed by atoms with E-state index < -0.39 is 11.7 Å². The van der Waals surface area contributed by atoms with Crippen molar-refractivity contribution in [1.29, 1.82) is 0 Å². The fourth-order valence-electron chi connectivity index (χ4n) is 5.38. The zero-order chi connectivity index (χ0) is 22.2. The summed E-state index contributed by atoms with van der Waals surface area (Å²) in [4.78, 5) is 15.2. The SMILES string of the molecule is CC(S)C1C[C@@H](NC2CCOCC2)C[C@H]1C(=O)N1CCc2ccc(C(F)(F)F)cc2C1. The summed E-state index contributed by atoms with van der Waals surface area (Å²) in [7, 11) is 0. The summed E-state index contributed by atoms with van der Waals surface area (Å²) in [6, 6.07) is 4.59. The Hall–Kier alpha value is -1.25. The van der Waals surface area contributed by atoms with Crippen LogP contribution in [0.1, 0.15) is 49.3 Å². The first-order valence-electron chi connectivity index (χ1n) is 11.2. The maximum absolute atomic E-state index is 13.5. The average molecular weight is 457 g/mol. The van der Waals surface area contributed by atoms with Crippen LogP contribution in [0, 0.1) is 11.8 Å². The molecular weight excluding hydrogens is 425 g/mol. The van der Waals surface area contributed by atoms with Crippen molar-refractivity contribution in [3.05, 3.63) is 34.9 Å². The average Bonchev–Trinajstić information content (AvgIpc) is 3.16. The van der Waals surface area contributed by atoms with E-state index in [1.165, 1.54) is 6.07 Å². The second kappa shape index (κ2) is 9.32. The Morgan fingerprint density at radius 3 is 2.61 bits per heavy atom. The number of benzene rings is 1. The molecule has 0 bridgehead atoms. The monoisotopic (exact) mass is 456 g/mol. The molecule has 2 fully saturated rings. The van der Waals surface area contributed by atoms with Crippen molar-refractivity contribution in [2.75, 3.05) is 19.8 Å². The first-order valence-corrected chi connectivity index (χ1v) is 11.7. The standard InChI is InChI=1S/C23H31F3N2O2S/c1-14(31)20-11-19(27-18-5-8-30-9-6-18)12-21(20)22(29)28-7-4-15-2-3-17(23(24,25)26)10-16(15)13-28/h2-3,10,14,18-21,27,31H,4-9,11-13H2,1H3/t14?,19-,20?,21-/m1/s1. The lowest BCUT2D eigenvalue weighted by molar-refractivity contribution is -0.137. The molecule has 1 saturated heterocycles. The van der Waals surface area contributed by atoms with Crippen LogP contribution in [0.2, 0.25) is 0 Å². The second-order valence-electron chi connectivity index (χ2n) is 9.22. The lowest BCUT2D eigenvalue weighted by Gasteiger charge is -2.33. The molecule has 4 rings (SSSR count). The van der Waals surface area contributed by atoms with E-state index in [1.807, 2.05) is 6.92 Å². The van der Waals surface area contributed by atoms with Gasteiger partial charge in [-0.15, -0.1) is 0 Å². The lowest BCUT2D eigenvalue weighted by atomic mass is 9.90. The van der Waals surface area contributed by atoms with Crippen LogP contribution in [0.4, 0.5) is 13.2 Å². The van der Waals surface area contributed by atoms with Crippen molar-refractivity contribution in [1.82, 2.24) is 10.2 Å². The minimum absolute atomic E-state index is 0.0604. The Kier molecular flexibility index (Phi) is 6.89. The van der Waals surface area contributed by atoms with Crippen molar-refractivity contribution in [3.63, 3.8) is 0 Å². The third-order valence-electron chi connectivity index (χ3n) is 7.10. The van der Waals surface area contributed by atoms with E-state index in [2.05, 4.69) is 17.9 Å². The van der Waals surface area contributed by atoms with Crippen LogP contribution in [0.5, 0.6) is 0 Å². The molecule has 8 heteroatoms. The highest BCUT2D eigenvalue weighted by Crippen LogP contribution is 2.39. The molecule has 0 radical (unpaired) electrons. The van der Waals surface area contributed by atoms with E-state index in [4.69, 9.17) is 4.74 Å². The van der Waals surface area contributed by atoms with Crippen LogP contribution in [0.3, 0.4) is 0 Å². The summed E-state index contributed by atoms with van der Waals surface area (Å²) >= 11 is 4.66. The molecule has 4 nitrogen and oxygen atoms in total. The largest absolute Gasteiger partial charge is 0.416 e. The number of nitrogens with one attached hydrogen (secondary N) is 1. The molecule has 2 aliphatic heterocycles. The predicted octanol–water partition coefficient (Wildman–Crippen LogP) is 4.07. The van der Waals surface area contributed by atoms with Gasteiger partial charge in [0.1, 0.15) is 0 Å². The summed E-state index contributed by atoms with van der Waals surface area (Å²) in [5, 5.41) is 3.81. The number of ether oxygens (including phenoxy) is 1. The number of thiol groups is 1. The van der Waals surface area contributed by atoms with E-state index in [9.17, 15) is 18.0 Å². The number of nitrogens with zero attached hydrogens (tertiary/aromatic N) is 1. The van der Waals surface area contributed by atoms with Gasteiger partial charge in [-0.25, -0.2) is 0 Å². The minimum Gasteiger partial charge on any atom is -0.381 e. The molecule has 2 heterocycles. The lowest BCUT2D eigenvalue weighted by Crippen LogP contribution is -2.42. The Labute approximate surface area is 187 Å². The van der Waals surface area contributed by atoms with Gasteiger partial charge < -0.3 is 15.0 Å². The molecule has 1 N–H and O–H groups in total. The maximum atomic E-state index is 13.5. The van der Waals surface area contributed by atoms with Crippen molar-refractivity contribution < 1.29 is 22.7 Å².